The molecule has 0 radical (unpaired) electrons. The molecular weight excluding hydrogens is 344 g/mol. The second-order valence-corrected chi connectivity index (χ2v) is 8.16. The molecule has 0 aliphatic carbocycles. The fraction of sp³-hybridized carbons (Fsp3) is 0.381. The van der Waals surface area contributed by atoms with Gasteiger partial charge in [-0.1, -0.05) is 35.9 Å². The zero-order valence-electron chi connectivity index (χ0n) is 15.5. The van der Waals surface area contributed by atoms with Gasteiger partial charge in [-0.25, -0.2) is 4.58 Å². The number of ether oxygens (including phenoxy) is 1. The molecule has 0 saturated carbocycles. The predicted octanol–water partition coefficient (Wildman–Crippen LogP) is 3.48. The summed E-state index contributed by atoms with van der Waals surface area (Å²) in [5.41, 5.74) is 3.06. The maximum absolute atomic E-state index is 11.9. The molecule has 0 unspecified atom stereocenters. The Hall–Kier alpha value is -1.98. The van der Waals surface area contributed by atoms with Gasteiger partial charge in [0.2, 0.25) is 0 Å². The van der Waals surface area contributed by atoms with Crippen LogP contribution in [0.5, 0.6) is 5.75 Å². The first-order valence-electron chi connectivity index (χ1n) is 9.02. The molecule has 5 heteroatoms. The van der Waals surface area contributed by atoms with E-state index in [1.807, 2.05) is 36.0 Å². The first kappa shape index (κ1) is 17.4. The van der Waals surface area contributed by atoms with E-state index < -0.39 is 5.72 Å². The number of rotatable bonds is 3. The van der Waals surface area contributed by atoms with Crippen molar-refractivity contribution in [2.75, 3.05) is 30.9 Å². The average molecular weight is 370 g/mol. The Morgan fingerprint density at radius 2 is 1.85 bits per heavy atom. The highest BCUT2D eigenvalue weighted by molar-refractivity contribution is 8.14. The van der Waals surface area contributed by atoms with E-state index in [-0.39, 0.29) is 0 Å². The fourth-order valence-corrected chi connectivity index (χ4v) is 4.94. The lowest BCUT2D eigenvalue weighted by molar-refractivity contribution is -0.532. The Bertz CT molecular complexity index is 863. The van der Waals surface area contributed by atoms with Crippen LogP contribution < -0.4 is 9.64 Å². The molecule has 136 valence electrons. The van der Waals surface area contributed by atoms with Crippen LogP contribution in [0.3, 0.4) is 0 Å². The highest BCUT2D eigenvalue weighted by Crippen LogP contribution is 2.43. The number of nitrogens with zero attached hydrogens (tertiary/aromatic N) is 2. The van der Waals surface area contributed by atoms with Gasteiger partial charge in [0.05, 0.1) is 13.7 Å². The summed E-state index contributed by atoms with van der Waals surface area (Å²) < 4.78 is 7.95. The summed E-state index contributed by atoms with van der Waals surface area (Å²) in [7, 11) is 1.69. The lowest BCUT2D eigenvalue weighted by Gasteiger charge is -2.29. The molecule has 2 aliphatic rings. The number of anilines is 1. The molecule has 2 heterocycles. The number of amidine groups is 1. The fourth-order valence-electron chi connectivity index (χ4n) is 3.77. The monoisotopic (exact) mass is 369 g/mol. The van der Waals surface area contributed by atoms with Gasteiger partial charge >= 0.3 is 5.17 Å². The highest BCUT2D eigenvalue weighted by atomic mass is 32.2. The first-order valence-corrected chi connectivity index (χ1v) is 10.0. The van der Waals surface area contributed by atoms with E-state index in [4.69, 9.17) is 4.74 Å². The van der Waals surface area contributed by atoms with Gasteiger partial charge in [-0.2, -0.15) is 4.90 Å². The second-order valence-electron chi connectivity index (χ2n) is 7.10. The van der Waals surface area contributed by atoms with Crippen LogP contribution in [0.15, 0.2) is 42.5 Å². The summed E-state index contributed by atoms with van der Waals surface area (Å²) in [5.74, 6) is 1.85. The predicted molar refractivity (Wildman–Crippen MR) is 107 cm³/mol. The molecule has 2 aliphatic heterocycles. The molecule has 0 aromatic heterocycles. The third kappa shape index (κ3) is 2.79. The largest absolute Gasteiger partial charge is 0.492 e. The van der Waals surface area contributed by atoms with Crippen molar-refractivity contribution in [1.82, 2.24) is 0 Å². The molecule has 4 rings (SSSR count). The zero-order chi connectivity index (χ0) is 18.3. The average Bonchev–Trinajstić information content (AvgIpc) is 2.95. The van der Waals surface area contributed by atoms with E-state index in [9.17, 15) is 5.11 Å². The van der Waals surface area contributed by atoms with Crippen LogP contribution in [0.1, 0.15) is 23.1 Å². The third-order valence-electron chi connectivity index (χ3n) is 5.14. The highest BCUT2D eigenvalue weighted by Gasteiger charge is 2.56. The Morgan fingerprint density at radius 1 is 1.12 bits per heavy atom. The summed E-state index contributed by atoms with van der Waals surface area (Å²) in [6.45, 7) is 5.68. The van der Waals surface area contributed by atoms with Crippen LogP contribution in [0, 0.1) is 13.8 Å². The number of benzene rings is 2. The van der Waals surface area contributed by atoms with Gasteiger partial charge in [0.25, 0.3) is 5.72 Å². The molecule has 0 spiro atoms. The molecule has 4 nitrogen and oxygen atoms in total. The Balaban J connectivity index is 1.90. The van der Waals surface area contributed by atoms with Crippen LogP contribution in [-0.4, -0.2) is 40.8 Å². The first-order chi connectivity index (χ1) is 12.5. The van der Waals surface area contributed by atoms with Crippen LogP contribution in [0.25, 0.3) is 0 Å². The maximum atomic E-state index is 11.9. The van der Waals surface area contributed by atoms with Crippen LogP contribution in [0.2, 0.25) is 0 Å². The SMILES string of the molecule is COc1ccc(C)cc1N1C2=[N+](CCCS2)C[C@]1(O)c1ccc(C)cc1. The molecule has 26 heavy (non-hydrogen) atoms. The molecule has 1 atom stereocenters. The van der Waals surface area contributed by atoms with Gasteiger partial charge in [-0.3, -0.25) is 0 Å². The molecular formula is C21H25N2O2S+. The number of hydrogen-bond donors (Lipinski definition) is 1. The molecule has 2 aromatic carbocycles. The summed E-state index contributed by atoms with van der Waals surface area (Å²) in [4.78, 5) is 2.08. The molecule has 1 N–H and O–H groups in total. The Kier molecular flexibility index (Phi) is 4.45. The van der Waals surface area contributed by atoms with Crippen molar-refractivity contribution < 1.29 is 14.4 Å². The van der Waals surface area contributed by atoms with Crippen molar-refractivity contribution in [3.05, 3.63) is 59.2 Å². The van der Waals surface area contributed by atoms with Gasteiger partial charge in [-0.15, -0.1) is 0 Å². The normalized spacial score (nSPS) is 22.5. The van der Waals surface area contributed by atoms with E-state index in [2.05, 4.69) is 41.5 Å². The standard InChI is InChI=1S/C21H25N2O2S/c1-15-5-8-17(9-6-15)21(24)14-22-11-4-12-26-20(22)23(21)18-13-16(2)7-10-19(18)25-3/h5-10,13,24H,4,11-12,14H2,1-3H3/q+1/t21-/m0/s1. The number of aryl methyl sites for hydroxylation is 2. The summed E-state index contributed by atoms with van der Waals surface area (Å²) in [6.07, 6.45) is 1.14. The smallest absolute Gasteiger partial charge is 0.316 e. The zero-order valence-corrected chi connectivity index (χ0v) is 16.3. The number of aliphatic hydroxyl groups is 1. The minimum absolute atomic E-state index is 0.565. The van der Waals surface area contributed by atoms with Gasteiger partial charge in [0, 0.05) is 11.3 Å². The third-order valence-corrected chi connectivity index (χ3v) is 6.33. The lowest BCUT2D eigenvalue weighted by Crippen LogP contribution is -2.46. The molecule has 0 fully saturated rings. The summed E-state index contributed by atoms with van der Waals surface area (Å²) in [6, 6.07) is 14.3. The minimum atomic E-state index is -1.11. The van der Waals surface area contributed by atoms with Crippen LogP contribution >= 0.6 is 11.8 Å². The van der Waals surface area contributed by atoms with Gasteiger partial charge in [-0.05, 0) is 49.7 Å². The minimum Gasteiger partial charge on any atom is -0.492 e. The van der Waals surface area contributed by atoms with Crippen molar-refractivity contribution >= 4 is 22.6 Å². The van der Waals surface area contributed by atoms with E-state index in [0.717, 1.165) is 46.4 Å². The van der Waals surface area contributed by atoms with E-state index in [0.29, 0.717) is 6.54 Å². The van der Waals surface area contributed by atoms with Crippen LogP contribution in [0.4, 0.5) is 5.69 Å². The summed E-state index contributed by atoms with van der Waals surface area (Å²) >= 11 is 1.81. The van der Waals surface area contributed by atoms with Crippen molar-refractivity contribution in [2.24, 2.45) is 0 Å². The van der Waals surface area contributed by atoms with E-state index in [1.54, 1.807) is 7.11 Å². The second kappa shape index (κ2) is 6.63. The number of methoxy groups -OCH3 is 1. The van der Waals surface area contributed by atoms with Crippen molar-refractivity contribution in [3.8, 4) is 5.75 Å². The lowest BCUT2D eigenvalue weighted by atomic mass is 9.99. The van der Waals surface area contributed by atoms with Crippen molar-refractivity contribution in [2.45, 2.75) is 26.0 Å². The molecule has 0 saturated heterocycles. The van der Waals surface area contributed by atoms with Crippen molar-refractivity contribution in [3.63, 3.8) is 0 Å². The Labute approximate surface area is 159 Å². The van der Waals surface area contributed by atoms with E-state index >= 15 is 0 Å². The quantitative estimate of drug-likeness (QED) is 0.841. The topological polar surface area (TPSA) is 35.7 Å². The van der Waals surface area contributed by atoms with E-state index in [1.165, 1.54) is 5.56 Å². The maximum Gasteiger partial charge on any atom is 0.316 e. The molecule has 0 amide bonds. The van der Waals surface area contributed by atoms with Gasteiger partial charge < -0.3 is 9.84 Å². The van der Waals surface area contributed by atoms with Crippen molar-refractivity contribution in [1.29, 1.82) is 0 Å². The van der Waals surface area contributed by atoms with Crippen LogP contribution in [-0.2, 0) is 5.72 Å². The summed E-state index contributed by atoms with van der Waals surface area (Å²) in [5, 5.41) is 13.0. The number of thioether (sulfide) groups is 1. The Morgan fingerprint density at radius 3 is 2.58 bits per heavy atom. The molecule has 2 aromatic rings. The van der Waals surface area contributed by atoms with Gasteiger partial charge in [0.15, 0.2) is 18.0 Å². The van der Waals surface area contributed by atoms with Gasteiger partial charge in [0.1, 0.15) is 0 Å². The number of hydrogen-bond acceptors (Lipinski definition) is 4. The molecule has 0 bridgehead atoms.